The summed E-state index contributed by atoms with van der Waals surface area (Å²) in [6, 6.07) is 2.47. The summed E-state index contributed by atoms with van der Waals surface area (Å²) in [6.07, 6.45) is 11.4. The molecule has 3 radical (unpaired) electrons. The molecule has 2 N–H and O–H groups in total. The first kappa shape index (κ1) is 55.7. The normalized spacial score (nSPS) is 14.7. The first-order valence-electron chi connectivity index (χ1n) is 10.4. The molecule has 33 heavy (non-hydrogen) atoms. The Labute approximate surface area is 304 Å². The monoisotopic (exact) mass is 555 g/mol. The molecule has 0 unspecified atom stereocenters. The first-order valence-corrected chi connectivity index (χ1v) is 10.4. The van der Waals surface area contributed by atoms with Gasteiger partial charge in [0.1, 0.15) is 0 Å². The number of unbranched alkanes of at least 4 members (excludes halogenated alkanes) is 2. The zero-order valence-electron chi connectivity index (χ0n) is 21.5. The second-order valence-corrected chi connectivity index (χ2v) is 8.05. The quantitative estimate of drug-likeness (QED) is 0.240. The van der Waals surface area contributed by atoms with E-state index in [-0.39, 0.29) is 140 Å². The van der Waals surface area contributed by atoms with Gasteiger partial charge in [-0.2, -0.15) is 10.5 Å². The zero-order chi connectivity index (χ0) is 21.0. The number of hydrogen-bond donors (Lipinski definition) is 0. The summed E-state index contributed by atoms with van der Waals surface area (Å²) < 4.78 is 2.71. The van der Waals surface area contributed by atoms with Crippen molar-refractivity contribution in [2.45, 2.75) is 72.6 Å². The maximum absolute atomic E-state index is 7.26. The molecule has 6 nitrogen and oxygen atoms in total. The molecule has 2 aliphatic rings. The molecule has 0 bridgehead atoms. The van der Waals surface area contributed by atoms with E-state index in [0.717, 1.165) is 0 Å². The number of likely N-dealkylation sites (tertiary alicyclic amines) is 2. The van der Waals surface area contributed by atoms with Crippen molar-refractivity contribution in [1.29, 1.82) is 15.8 Å². The van der Waals surface area contributed by atoms with Gasteiger partial charge in [-0.05, 0) is 12.8 Å². The molecular weight excluding hydrogens is 510 g/mol. The average Bonchev–Trinajstić information content (AvgIpc) is 3.29. The number of hydrogen-bond acceptors (Lipinski definition) is 3. The molecule has 2 aliphatic heterocycles. The van der Waals surface area contributed by atoms with Gasteiger partial charge in [-0.25, -0.2) is 0 Å². The van der Waals surface area contributed by atoms with Gasteiger partial charge in [0.25, 0.3) is 0 Å². The van der Waals surface area contributed by atoms with E-state index in [0.29, 0.717) is 0 Å². The molecular formula is C22H46BCl2K2N5O+. The summed E-state index contributed by atoms with van der Waals surface area (Å²) in [5.74, 6) is 1.25. The Morgan fingerprint density at radius 3 is 1.06 bits per heavy atom. The summed E-state index contributed by atoms with van der Waals surface area (Å²) in [6.45, 7) is 13.1. The SMILES string of the molecule is C.CCCC[N+]1(C)CCCC1.CCCC[N+]1(C)CCCC1.N#CC#N.O.[B-]C#N.[Cl-].[Cl-].[K+].[K+]. The zero-order valence-corrected chi connectivity index (χ0v) is 29.2. The van der Waals surface area contributed by atoms with Crippen LogP contribution in [0.3, 0.4) is 0 Å². The second kappa shape index (κ2) is 38.8. The smallest absolute Gasteiger partial charge is 1.00 e. The number of rotatable bonds is 6. The molecule has 0 atom stereocenters. The van der Waals surface area contributed by atoms with Gasteiger partial charge in [-0.15, -0.1) is 0 Å². The van der Waals surface area contributed by atoms with Gasteiger partial charge in [-0.3, -0.25) is 11.2 Å². The predicted molar refractivity (Wildman–Crippen MR) is 123 cm³/mol. The molecule has 0 aromatic rings. The first-order chi connectivity index (χ1) is 12.9. The number of quaternary nitrogens is 2. The van der Waals surface area contributed by atoms with Crippen molar-refractivity contribution in [2.24, 2.45) is 0 Å². The van der Waals surface area contributed by atoms with Crippen LogP contribution in [0.5, 0.6) is 0 Å². The molecule has 0 aromatic carbocycles. The van der Waals surface area contributed by atoms with Gasteiger partial charge in [0, 0.05) is 25.7 Å². The van der Waals surface area contributed by atoms with Crippen LogP contribution in [-0.2, 0) is 0 Å². The fourth-order valence-electron chi connectivity index (χ4n) is 3.72. The van der Waals surface area contributed by atoms with Crippen molar-refractivity contribution < 1.29 is 142 Å². The Morgan fingerprint density at radius 2 is 0.909 bits per heavy atom. The fourth-order valence-corrected chi connectivity index (χ4v) is 3.72. The maximum Gasteiger partial charge on any atom is 1.00 e. The summed E-state index contributed by atoms with van der Waals surface area (Å²) in [4.78, 5) is 0. The Hall–Kier alpha value is 2.27. The van der Waals surface area contributed by atoms with Crippen molar-refractivity contribution in [2.75, 3.05) is 53.4 Å². The minimum atomic E-state index is 0. The van der Waals surface area contributed by atoms with Crippen molar-refractivity contribution in [3.8, 4) is 18.1 Å². The Bertz CT molecular complexity index is 451. The standard InChI is InChI=1S/2C9H20N.C2N2.CBN.CH4.2ClH.2K.H2O/c2*1-3-4-7-10(2)8-5-6-9-10;3-1-2-4;2-1-3;;;;;;/h2*3-9H2,1-2H3;;;1H4;2*1H;;;1H2/q2*+1;;-1;;;;2*+1;/p-2. The molecule has 0 aliphatic carbocycles. The predicted octanol–water partition coefficient (Wildman–Crippen LogP) is -8.45. The van der Waals surface area contributed by atoms with E-state index in [1.165, 1.54) is 118 Å². The minimum absolute atomic E-state index is 0. The van der Waals surface area contributed by atoms with Gasteiger partial charge in [0.05, 0.1) is 53.4 Å². The number of nitriles is 3. The van der Waals surface area contributed by atoms with Gasteiger partial charge in [-0.1, -0.05) is 34.1 Å². The van der Waals surface area contributed by atoms with Crippen LogP contribution in [0.15, 0.2) is 0 Å². The van der Waals surface area contributed by atoms with E-state index in [1.54, 1.807) is 0 Å². The van der Waals surface area contributed by atoms with Crippen LogP contribution in [-0.4, -0.2) is 75.7 Å². The molecule has 11 heteroatoms. The fraction of sp³-hybridized carbons (Fsp3) is 0.864. The molecule has 2 saturated heterocycles. The molecule has 2 rings (SSSR count). The van der Waals surface area contributed by atoms with E-state index in [4.69, 9.17) is 15.8 Å². The molecule has 2 fully saturated rings. The van der Waals surface area contributed by atoms with Crippen LogP contribution in [0.1, 0.15) is 72.6 Å². The second-order valence-electron chi connectivity index (χ2n) is 8.05. The van der Waals surface area contributed by atoms with Crippen LogP contribution in [0, 0.1) is 33.9 Å². The largest absolute Gasteiger partial charge is 1.00 e. The van der Waals surface area contributed by atoms with Gasteiger partial charge < -0.3 is 47.1 Å². The summed E-state index contributed by atoms with van der Waals surface area (Å²) in [7, 11) is 8.96. The van der Waals surface area contributed by atoms with Gasteiger partial charge in [0.15, 0.2) is 12.1 Å². The van der Waals surface area contributed by atoms with E-state index in [9.17, 15) is 0 Å². The van der Waals surface area contributed by atoms with E-state index < -0.39 is 0 Å². The van der Waals surface area contributed by atoms with Crippen LogP contribution >= 0.6 is 0 Å². The van der Waals surface area contributed by atoms with E-state index in [1.807, 2.05) is 0 Å². The van der Waals surface area contributed by atoms with Crippen LogP contribution in [0.2, 0.25) is 0 Å². The number of nitrogens with zero attached hydrogens (tertiary/aromatic N) is 5. The molecule has 0 saturated carbocycles. The number of halogens is 2. The van der Waals surface area contributed by atoms with Crippen molar-refractivity contribution in [3.63, 3.8) is 0 Å². The maximum atomic E-state index is 7.26. The van der Waals surface area contributed by atoms with Crippen LogP contribution in [0.25, 0.3) is 0 Å². The van der Waals surface area contributed by atoms with E-state index in [2.05, 4.69) is 35.8 Å². The topological polar surface area (TPSA) is 103 Å². The van der Waals surface area contributed by atoms with Crippen molar-refractivity contribution >= 4 is 7.85 Å². The molecule has 0 aromatic heterocycles. The minimum Gasteiger partial charge on any atom is -1.00 e. The third-order valence-electron chi connectivity index (χ3n) is 5.44. The van der Waals surface area contributed by atoms with Gasteiger partial charge in [0.2, 0.25) is 0 Å². The Morgan fingerprint density at radius 1 is 0.697 bits per heavy atom. The molecule has 2 heterocycles. The van der Waals surface area contributed by atoms with Crippen molar-refractivity contribution in [3.05, 3.63) is 0 Å². The molecule has 0 amide bonds. The Balaban J connectivity index is -0.0000000433. The van der Waals surface area contributed by atoms with Crippen molar-refractivity contribution in [1.82, 2.24) is 0 Å². The molecule has 0 spiro atoms. The Kier molecular flexibility index (Phi) is 65.5. The van der Waals surface area contributed by atoms with E-state index >= 15 is 0 Å². The van der Waals surface area contributed by atoms with Crippen LogP contribution < -0.4 is 128 Å². The third-order valence-corrected chi connectivity index (χ3v) is 5.44. The average molecular weight is 557 g/mol. The third kappa shape index (κ3) is 36.5. The summed E-state index contributed by atoms with van der Waals surface area (Å²) in [5, 5.41) is 21.6. The van der Waals surface area contributed by atoms with Crippen LogP contribution in [0.4, 0.5) is 0 Å². The summed E-state index contributed by atoms with van der Waals surface area (Å²) in [5.41, 5.74) is 0. The van der Waals surface area contributed by atoms with Gasteiger partial charge >= 0.3 is 103 Å². The summed E-state index contributed by atoms with van der Waals surface area (Å²) >= 11 is 0. The molecule has 183 valence electrons.